The Balaban J connectivity index is 1.75. The van der Waals surface area contributed by atoms with Crippen LogP contribution in [0.1, 0.15) is 36.5 Å². The fourth-order valence-corrected chi connectivity index (χ4v) is 4.47. The van der Waals surface area contributed by atoms with E-state index in [1.54, 1.807) is 56.6 Å². The van der Waals surface area contributed by atoms with Gasteiger partial charge in [-0.05, 0) is 37.1 Å². The molecule has 1 unspecified atom stereocenters. The molecule has 32 heavy (non-hydrogen) atoms. The van der Waals surface area contributed by atoms with Crippen molar-refractivity contribution in [1.29, 1.82) is 0 Å². The molecule has 0 fully saturated rings. The third-order valence-corrected chi connectivity index (χ3v) is 5.98. The first-order chi connectivity index (χ1) is 15.5. The standard InChI is InChI=1S/C23H21FN4O3S/c1-3-31-22(30)17-13(2)26-20-19(18(17)14-8-6-10-25-11-14)21(29)28-23(27-20)32-12-15-7-4-5-9-16(15)24/h4-11,18H,3,12H2,1-2H3,(H2,26,27,28,29). The molecule has 0 saturated heterocycles. The van der Waals surface area contributed by atoms with Gasteiger partial charge in [0.15, 0.2) is 5.16 Å². The van der Waals surface area contributed by atoms with Gasteiger partial charge in [-0.1, -0.05) is 36.0 Å². The van der Waals surface area contributed by atoms with E-state index in [1.165, 1.54) is 17.8 Å². The van der Waals surface area contributed by atoms with Crippen LogP contribution in [0.15, 0.2) is 70.0 Å². The lowest BCUT2D eigenvalue weighted by Gasteiger charge is -2.28. The predicted octanol–water partition coefficient (Wildman–Crippen LogP) is 3.99. The number of ether oxygens (including phenoxy) is 1. The van der Waals surface area contributed by atoms with Gasteiger partial charge in [-0.15, -0.1) is 0 Å². The van der Waals surface area contributed by atoms with Crippen LogP contribution in [0.5, 0.6) is 0 Å². The monoisotopic (exact) mass is 452 g/mol. The second-order valence-corrected chi connectivity index (χ2v) is 8.08. The summed E-state index contributed by atoms with van der Waals surface area (Å²) in [4.78, 5) is 37.4. The minimum atomic E-state index is -0.680. The highest BCUT2D eigenvalue weighted by atomic mass is 32.2. The number of carbonyl (C=O) groups is 1. The maximum atomic E-state index is 13.9. The molecule has 0 bridgehead atoms. The molecule has 2 N–H and O–H groups in total. The molecule has 164 valence electrons. The molecule has 0 radical (unpaired) electrons. The molecule has 0 spiro atoms. The predicted molar refractivity (Wildman–Crippen MR) is 120 cm³/mol. The number of thioether (sulfide) groups is 1. The van der Waals surface area contributed by atoms with Crippen LogP contribution in [0, 0.1) is 5.82 Å². The summed E-state index contributed by atoms with van der Waals surface area (Å²) < 4.78 is 19.2. The van der Waals surface area contributed by atoms with Gasteiger partial charge in [0.05, 0.1) is 23.7 Å². The number of anilines is 1. The van der Waals surface area contributed by atoms with Gasteiger partial charge in [0.1, 0.15) is 11.6 Å². The number of aromatic amines is 1. The van der Waals surface area contributed by atoms with Crippen molar-refractivity contribution in [2.24, 2.45) is 0 Å². The van der Waals surface area contributed by atoms with Crippen molar-refractivity contribution < 1.29 is 13.9 Å². The highest BCUT2D eigenvalue weighted by Gasteiger charge is 2.36. The Morgan fingerprint density at radius 1 is 1.25 bits per heavy atom. The first-order valence-corrected chi connectivity index (χ1v) is 11.0. The van der Waals surface area contributed by atoms with Crippen molar-refractivity contribution in [3.8, 4) is 0 Å². The maximum Gasteiger partial charge on any atom is 0.336 e. The van der Waals surface area contributed by atoms with Crippen molar-refractivity contribution >= 4 is 23.5 Å². The molecular weight excluding hydrogens is 431 g/mol. The molecule has 1 atom stereocenters. The number of nitrogens with zero attached hydrogens (tertiary/aromatic N) is 2. The zero-order valence-corrected chi connectivity index (χ0v) is 18.3. The van der Waals surface area contributed by atoms with Gasteiger partial charge in [-0.25, -0.2) is 14.2 Å². The van der Waals surface area contributed by atoms with Crippen LogP contribution in [0.3, 0.4) is 0 Å². The summed E-state index contributed by atoms with van der Waals surface area (Å²) in [5.41, 5.74) is 2.00. The molecule has 0 amide bonds. The highest BCUT2D eigenvalue weighted by Crippen LogP contribution is 2.39. The van der Waals surface area contributed by atoms with Gasteiger partial charge in [0.25, 0.3) is 5.56 Å². The smallest absolute Gasteiger partial charge is 0.336 e. The van der Waals surface area contributed by atoms with Gasteiger partial charge in [-0.2, -0.15) is 0 Å². The first-order valence-electron chi connectivity index (χ1n) is 10.0. The molecule has 7 nitrogen and oxygen atoms in total. The molecule has 3 heterocycles. The van der Waals surface area contributed by atoms with E-state index in [1.807, 2.05) is 0 Å². The number of hydrogen-bond donors (Lipinski definition) is 2. The number of fused-ring (bicyclic) bond motifs is 1. The Bertz CT molecular complexity index is 1240. The Hall–Kier alpha value is -3.46. The molecule has 0 aliphatic carbocycles. The fraction of sp³-hybridized carbons (Fsp3) is 0.217. The topological polar surface area (TPSA) is 97.0 Å². The van der Waals surface area contributed by atoms with Gasteiger partial charge in [0.2, 0.25) is 0 Å². The number of rotatable bonds is 6. The second-order valence-electron chi connectivity index (χ2n) is 7.12. The van der Waals surface area contributed by atoms with Crippen molar-refractivity contribution in [3.63, 3.8) is 0 Å². The van der Waals surface area contributed by atoms with Gasteiger partial charge in [-0.3, -0.25) is 9.78 Å². The number of H-pyrrole nitrogens is 1. The van der Waals surface area contributed by atoms with Crippen LogP contribution in [-0.4, -0.2) is 27.5 Å². The average Bonchev–Trinajstić information content (AvgIpc) is 2.78. The molecule has 1 aliphatic heterocycles. The van der Waals surface area contributed by atoms with Crippen molar-refractivity contribution in [1.82, 2.24) is 15.0 Å². The lowest BCUT2D eigenvalue weighted by atomic mass is 9.83. The number of benzene rings is 1. The number of nitrogens with one attached hydrogen (secondary N) is 2. The maximum absolute atomic E-state index is 13.9. The third kappa shape index (κ3) is 4.29. The Labute approximate surface area is 188 Å². The lowest BCUT2D eigenvalue weighted by Crippen LogP contribution is -2.31. The number of allylic oxidation sites excluding steroid dienone is 1. The van der Waals surface area contributed by atoms with Crippen LogP contribution in [0.4, 0.5) is 10.2 Å². The average molecular weight is 453 g/mol. The molecular formula is C23H21FN4O3S. The highest BCUT2D eigenvalue weighted by molar-refractivity contribution is 7.98. The summed E-state index contributed by atoms with van der Waals surface area (Å²) >= 11 is 1.22. The van der Waals surface area contributed by atoms with Crippen molar-refractivity contribution in [2.45, 2.75) is 30.7 Å². The van der Waals surface area contributed by atoms with Crippen LogP contribution in [-0.2, 0) is 15.3 Å². The van der Waals surface area contributed by atoms with E-state index < -0.39 is 11.9 Å². The molecule has 0 saturated carbocycles. The zero-order valence-electron chi connectivity index (χ0n) is 17.5. The Kier molecular flexibility index (Phi) is 6.36. The minimum absolute atomic E-state index is 0.211. The van der Waals surface area contributed by atoms with Gasteiger partial charge in [0, 0.05) is 23.8 Å². The van der Waals surface area contributed by atoms with Crippen LogP contribution >= 0.6 is 11.8 Å². The molecule has 2 aromatic heterocycles. The summed E-state index contributed by atoms with van der Waals surface area (Å²) in [6.07, 6.45) is 3.24. The third-order valence-electron chi connectivity index (χ3n) is 5.06. The molecule has 1 aromatic carbocycles. The largest absolute Gasteiger partial charge is 0.463 e. The fourth-order valence-electron chi connectivity index (χ4n) is 3.62. The summed E-state index contributed by atoms with van der Waals surface area (Å²) in [7, 11) is 0. The Morgan fingerprint density at radius 2 is 2.06 bits per heavy atom. The number of carbonyl (C=O) groups excluding carboxylic acids is 1. The minimum Gasteiger partial charge on any atom is -0.463 e. The quantitative estimate of drug-likeness (QED) is 0.332. The summed E-state index contributed by atoms with van der Waals surface area (Å²) in [6.45, 7) is 3.68. The van der Waals surface area contributed by atoms with Crippen LogP contribution in [0.2, 0.25) is 0 Å². The van der Waals surface area contributed by atoms with E-state index in [0.29, 0.717) is 44.7 Å². The van der Waals surface area contributed by atoms with Crippen molar-refractivity contribution in [3.05, 3.63) is 92.9 Å². The van der Waals surface area contributed by atoms with E-state index in [-0.39, 0.29) is 18.0 Å². The number of halogens is 1. The number of pyridine rings is 1. The molecule has 1 aliphatic rings. The summed E-state index contributed by atoms with van der Waals surface area (Å²) in [5.74, 6) is -0.837. The zero-order chi connectivity index (χ0) is 22.7. The normalized spacial score (nSPS) is 15.2. The SMILES string of the molecule is CCOC(=O)C1=C(C)Nc2nc(SCc3ccccc3F)[nH]c(=O)c2C1c1cccnc1. The van der Waals surface area contributed by atoms with E-state index in [9.17, 15) is 14.0 Å². The Morgan fingerprint density at radius 3 is 2.78 bits per heavy atom. The van der Waals surface area contributed by atoms with Gasteiger partial charge >= 0.3 is 5.97 Å². The van der Waals surface area contributed by atoms with E-state index >= 15 is 0 Å². The van der Waals surface area contributed by atoms with E-state index in [2.05, 4.69) is 20.3 Å². The van der Waals surface area contributed by atoms with Crippen molar-refractivity contribution in [2.75, 3.05) is 11.9 Å². The molecule has 3 aromatic rings. The molecule has 9 heteroatoms. The number of aromatic nitrogens is 3. The summed E-state index contributed by atoms with van der Waals surface area (Å²) in [6, 6.07) is 10.0. The second kappa shape index (κ2) is 9.35. The van der Waals surface area contributed by atoms with E-state index in [4.69, 9.17) is 4.74 Å². The van der Waals surface area contributed by atoms with Crippen LogP contribution < -0.4 is 10.9 Å². The van der Waals surface area contributed by atoms with E-state index in [0.717, 1.165) is 0 Å². The van der Waals surface area contributed by atoms with Crippen LogP contribution in [0.25, 0.3) is 0 Å². The lowest BCUT2D eigenvalue weighted by molar-refractivity contribution is -0.138. The first kappa shape index (κ1) is 21.8. The van der Waals surface area contributed by atoms with Gasteiger partial charge < -0.3 is 15.0 Å². The molecule has 4 rings (SSSR count). The number of hydrogen-bond acceptors (Lipinski definition) is 7. The number of esters is 1. The summed E-state index contributed by atoms with van der Waals surface area (Å²) in [5, 5.41) is 3.43.